The Morgan fingerprint density at radius 1 is 0.792 bits per heavy atom. The number of amides is 4. The van der Waals surface area contributed by atoms with Crippen LogP contribution in [0.3, 0.4) is 0 Å². The van der Waals surface area contributed by atoms with Crippen LogP contribution < -0.4 is 146 Å². The van der Waals surface area contributed by atoms with Crippen LogP contribution in [0.4, 0.5) is 20.4 Å². The quantitative estimate of drug-likeness (QED) is 0.0244. The molecule has 11 N–H and O–H groups in total. The van der Waals surface area contributed by atoms with Gasteiger partial charge in [-0.3, -0.25) is 24.0 Å². The number of phenolic OH excluding ortho intramolecular Hbond substituents is 1. The molecule has 2 aromatic carbocycles. The molecule has 4 rings (SSSR count). The number of primary amides is 4. The summed E-state index contributed by atoms with van der Waals surface area (Å²) in [5, 5.41) is 22.2. The van der Waals surface area contributed by atoms with Crippen LogP contribution in [0.5, 0.6) is 17.5 Å². The Hall–Kier alpha value is -3.47. The summed E-state index contributed by atoms with van der Waals surface area (Å²) < 4.78 is 30.2. The largest absolute Gasteiger partial charge is 1.00 e. The number of aromatic hydroxyl groups is 1. The molecule has 0 radical (unpaired) electrons. The first-order valence-corrected chi connectivity index (χ1v) is 14.1. The fourth-order valence-electron chi connectivity index (χ4n) is 2.92. The summed E-state index contributed by atoms with van der Waals surface area (Å²) in [6, 6.07) is 11.1. The SMILES string of the molecule is C[C@H](Nc1cc(C(N)=O)nc(Cl)n1)C(N)=O.C[C@H](Nc1cc(C(N)=O)nc(Oc2ccc(F)cc2)n1)C(N)=O.O=CO[O-].Oc1ccc(F)cc1.[H-].[K+].[K+]. The fraction of sp³-hybridized carbons (Fsp3) is 0.138. The monoisotopic (exact) mass is 814 g/mol. The van der Waals surface area contributed by atoms with E-state index >= 15 is 0 Å². The van der Waals surface area contributed by atoms with Crippen molar-refractivity contribution >= 4 is 53.3 Å². The second-order valence-corrected chi connectivity index (χ2v) is 9.66. The molecule has 0 aliphatic rings. The second-order valence-electron chi connectivity index (χ2n) is 9.32. The van der Waals surface area contributed by atoms with Gasteiger partial charge in [-0.1, -0.05) is 0 Å². The summed E-state index contributed by atoms with van der Waals surface area (Å²) in [6.07, 6.45) is 0. The maximum Gasteiger partial charge on any atom is 1.00 e. The summed E-state index contributed by atoms with van der Waals surface area (Å²) in [7, 11) is 0. The molecule has 0 saturated heterocycles. The molecule has 0 aliphatic carbocycles. The van der Waals surface area contributed by atoms with Gasteiger partial charge in [0.1, 0.15) is 58.2 Å². The van der Waals surface area contributed by atoms with Gasteiger partial charge in [0.15, 0.2) is 0 Å². The van der Waals surface area contributed by atoms with E-state index in [1.165, 1.54) is 67.6 Å². The van der Waals surface area contributed by atoms with Gasteiger partial charge in [-0.05, 0) is 74.0 Å². The van der Waals surface area contributed by atoms with E-state index < -0.39 is 41.5 Å². The number of carbonyl (C=O) groups excluding carboxylic acids is 5. The molecule has 19 nitrogen and oxygen atoms in total. The Balaban J connectivity index is -0.000000729. The van der Waals surface area contributed by atoms with Crippen molar-refractivity contribution in [2.24, 2.45) is 22.9 Å². The van der Waals surface area contributed by atoms with Gasteiger partial charge < -0.3 is 55.0 Å². The average Bonchev–Trinajstić information content (AvgIpc) is 3.07. The van der Waals surface area contributed by atoms with Crippen LogP contribution in [0, 0.1) is 11.6 Å². The molecule has 0 fully saturated rings. The fourth-order valence-corrected chi connectivity index (χ4v) is 3.11. The average molecular weight is 815 g/mol. The molecule has 4 aromatic rings. The number of halogens is 3. The minimum Gasteiger partial charge on any atom is -1.00 e. The van der Waals surface area contributed by atoms with Gasteiger partial charge in [-0.2, -0.15) is 9.97 Å². The zero-order chi connectivity index (χ0) is 38.7. The molecular formula is C29H31ClF2K2N10O9. The number of nitrogens with one attached hydrogen (secondary N) is 2. The Morgan fingerprint density at radius 2 is 1.19 bits per heavy atom. The smallest absolute Gasteiger partial charge is 1.00 e. The van der Waals surface area contributed by atoms with Gasteiger partial charge in [-0.15, -0.1) is 0 Å². The van der Waals surface area contributed by atoms with Crippen molar-refractivity contribution < 1.29 is 157 Å². The molecule has 0 saturated carbocycles. The van der Waals surface area contributed by atoms with Crippen molar-refractivity contribution in [2.45, 2.75) is 25.9 Å². The third-order valence-electron chi connectivity index (χ3n) is 5.38. The summed E-state index contributed by atoms with van der Waals surface area (Å²) >= 11 is 5.57. The van der Waals surface area contributed by atoms with E-state index in [9.17, 15) is 28.0 Å². The van der Waals surface area contributed by atoms with Gasteiger partial charge >= 0.3 is 109 Å². The zero-order valence-electron chi connectivity index (χ0n) is 29.5. The van der Waals surface area contributed by atoms with Crippen molar-refractivity contribution in [1.29, 1.82) is 0 Å². The number of hydrogen-bond acceptors (Lipinski definition) is 15. The predicted octanol–water partition coefficient (Wildman–Crippen LogP) is -5.61. The Bertz CT molecular complexity index is 1790. The molecule has 0 aliphatic heterocycles. The first kappa shape index (κ1) is 51.6. The number of hydrogen-bond donors (Lipinski definition) is 7. The number of benzene rings is 2. The van der Waals surface area contributed by atoms with Crippen molar-refractivity contribution in [1.82, 2.24) is 19.9 Å². The molecular weight excluding hydrogens is 784 g/mol. The van der Waals surface area contributed by atoms with E-state index in [0.717, 1.165) is 0 Å². The molecule has 2 aromatic heterocycles. The standard InChI is InChI=1S/C14H14FN5O3.C8H10ClN5O2.C6H5FO.CH2O3.2K.H/c1-7(12(16)21)18-11-6-10(13(17)22)19-14(20-11)23-9-4-2-8(15)3-5-9;1-3(6(10)15)12-5-2-4(7(11)16)13-8(9)14-5;7-5-1-3-6(8)4-2-5;2-1-4-3;;;/h2-7H,1H3,(H2,16,21)(H2,17,22)(H,18,19,20);2-3H,1H3,(H2,10,15)(H2,11,16)(H,12,13,14);1-4,8H;1,3H;;;/q;;;;2*+1;-1/p-1/t7-;3-;;;;;/m00...../s1. The molecule has 4 amide bonds. The minimum atomic E-state index is -0.800. The molecule has 53 heavy (non-hydrogen) atoms. The van der Waals surface area contributed by atoms with Crippen LogP contribution in [0.2, 0.25) is 5.28 Å². The van der Waals surface area contributed by atoms with Crippen molar-refractivity contribution in [2.75, 3.05) is 10.6 Å². The topological polar surface area (TPSA) is 327 Å². The van der Waals surface area contributed by atoms with Gasteiger partial charge in [0.2, 0.25) is 17.1 Å². The van der Waals surface area contributed by atoms with Crippen LogP contribution in [0.25, 0.3) is 0 Å². The van der Waals surface area contributed by atoms with Crippen LogP contribution in [-0.2, 0) is 19.3 Å². The van der Waals surface area contributed by atoms with Crippen LogP contribution >= 0.6 is 11.6 Å². The molecule has 2 atom stereocenters. The first-order chi connectivity index (χ1) is 23.9. The third kappa shape index (κ3) is 21.7. The Morgan fingerprint density at radius 3 is 1.57 bits per heavy atom. The van der Waals surface area contributed by atoms with Gasteiger partial charge in [0.05, 0.1) is 0 Å². The summed E-state index contributed by atoms with van der Waals surface area (Å²) in [5.41, 5.74) is 20.3. The number of nitrogens with zero attached hydrogens (tertiary/aromatic N) is 4. The van der Waals surface area contributed by atoms with Crippen LogP contribution in [0.1, 0.15) is 36.3 Å². The summed E-state index contributed by atoms with van der Waals surface area (Å²) in [4.78, 5) is 70.6. The predicted molar refractivity (Wildman–Crippen MR) is 173 cm³/mol. The van der Waals surface area contributed by atoms with E-state index in [1.54, 1.807) is 6.92 Å². The molecule has 274 valence electrons. The van der Waals surface area contributed by atoms with E-state index in [0.29, 0.717) is 0 Å². The van der Waals surface area contributed by atoms with Crippen molar-refractivity contribution in [3.63, 3.8) is 0 Å². The third-order valence-corrected chi connectivity index (χ3v) is 5.55. The van der Waals surface area contributed by atoms with E-state index in [-0.39, 0.29) is 162 Å². The number of phenols is 1. The number of aromatic nitrogens is 4. The molecule has 24 heteroatoms. The molecule has 0 bridgehead atoms. The number of carbonyl (C=O) groups is 5. The van der Waals surface area contributed by atoms with E-state index in [2.05, 4.69) is 35.5 Å². The molecule has 2 heterocycles. The first-order valence-electron chi connectivity index (χ1n) is 13.7. The molecule has 0 unspecified atom stereocenters. The zero-order valence-corrected chi connectivity index (χ0v) is 35.5. The van der Waals surface area contributed by atoms with Crippen molar-refractivity contribution in [3.8, 4) is 17.5 Å². The maximum atomic E-state index is 12.9. The maximum absolute atomic E-state index is 12.9. The van der Waals surface area contributed by atoms with E-state index in [1.807, 2.05) is 0 Å². The minimum absolute atomic E-state index is 0. The normalized spacial score (nSPS) is 10.4. The van der Waals surface area contributed by atoms with Gasteiger partial charge in [-0.25, -0.2) is 18.7 Å². The molecule has 0 spiro atoms. The number of nitrogens with two attached hydrogens (primary N) is 4. The van der Waals surface area contributed by atoms with Gasteiger partial charge in [0, 0.05) is 12.1 Å². The number of ether oxygens (including phenoxy) is 1. The Kier molecular flexibility index (Phi) is 26.5. The van der Waals surface area contributed by atoms with Gasteiger partial charge in [0.25, 0.3) is 18.3 Å². The van der Waals surface area contributed by atoms with Crippen LogP contribution in [0.15, 0.2) is 60.7 Å². The summed E-state index contributed by atoms with van der Waals surface area (Å²) in [6.45, 7) is 2.89. The number of anilines is 2. The van der Waals surface area contributed by atoms with Crippen molar-refractivity contribution in [3.05, 3.63) is 89.0 Å². The second kappa shape index (κ2) is 27.2. The van der Waals surface area contributed by atoms with E-state index in [4.69, 9.17) is 54.4 Å². The summed E-state index contributed by atoms with van der Waals surface area (Å²) in [5.74, 6) is -2.76. The van der Waals surface area contributed by atoms with Crippen LogP contribution in [-0.4, -0.2) is 67.2 Å². The number of rotatable bonds is 11. The Labute approximate surface area is 391 Å².